The van der Waals surface area contributed by atoms with E-state index >= 15 is 0 Å². The van der Waals surface area contributed by atoms with Crippen molar-refractivity contribution in [3.8, 4) is 0 Å². The van der Waals surface area contributed by atoms with E-state index < -0.39 is 0 Å². The largest absolute Gasteiger partial charge is 0.484 e. The van der Waals surface area contributed by atoms with Gasteiger partial charge in [-0.05, 0) is 18.2 Å². The van der Waals surface area contributed by atoms with Crippen LogP contribution >= 0.6 is 11.6 Å². The Balaban J connectivity index is 2.48. The highest BCUT2D eigenvalue weighted by Crippen LogP contribution is 2.14. The molecule has 4 heteroatoms. The molecule has 1 N–H and O–H groups in total. The van der Waals surface area contributed by atoms with Gasteiger partial charge in [0.15, 0.2) is 6.61 Å². The van der Waals surface area contributed by atoms with Crippen LogP contribution in [0.1, 0.15) is 6.42 Å². The van der Waals surface area contributed by atoms with Crippen LogP contribution in [0, 0.1) is 0 Å². The average Bonchev–Trinajstić information content (AvgIpc) is 2.39. The number of halogens is 1. The van der Waals surface area contributed by atoms with Crippen LogP contribution in [0.2, 0.25) is 0 Å². The quantitative estimate of drug-likeness (QED) is 0.775. The van der Waals surface area contributed by atoms with Gasteiger partial charge in [0, 0.05) is 18.5 Å². The van der Waals surface area contributed by atoms with E-state index in [-0.39, 0.29) is 12.5 Å². The standard InChI is InChI=1S/C10H12ClNO2/c1-12-10(13)7-14-9-4-2-3-8(11)5-6-9/h2,4-6H,3,7H2,1H3,(H,12,13). The molecule has 0 aromatic heterocycles. The van der Waals surface area contributed by atoms with Gasteiger partial charge in [0.2, 0.25) is 0 Å². The Kier molecular flexibility index (Phi) is 4.26. The molecule has 0 heterocycles. The first-order valence-electron chi connectivity index (χ1n) is 4.28. The molecule has 0 saturated heterocycles. The maximum atomic E-state index is 10.9. The van der Waals surface area contributed by atoms with Gasteiger partial charge in [-0.1, -0.05) is 17.7 Å². The highest BCUT2D eigenvalue weighted by Gasteiger charge is 2.01. The molecule has 0 saturated carbocycles. The van der Waals surface area contributed by atoms with E-state index in [0.717, 1.165) is 5.03 Å². The molecule has 0 unspecified atom stereocenters. The summed E-state index contributed by atoms with van der Waals surface area (Å²) in [5, 5.41) is 3.22. The topological polar surface area (TPSA) is 38.3 Å². The second-order valence-corrected chi connectivity index (χ2v) is 3.24. The van der Waals surface area contributed by atoms with Crippen molar-refractivity contribution in [2.75, 3.05) is 13.7 Å². The molecule has 0 radical (unpaired) electrons. The monoisotopic (exact) mass is 213 g/mol. The van der Waals surface area contributed by atoms with Crippen molar-refractivity contribution >= 4 is 17.5 Å². The fraction of sp³-hybridized carbons (Fsp3) is 0.300. The van der Waals surface area contributed by atoms with E-state index in [0.29, 0.717) is 12.2 Å². The number of rotatable bonds is 3. The lowest BCUT2D eigenvalue weighted by Gasteiger charge is -2.04. The first-order valence-corrected chi connectivity index (χ1v) is 4.66. The molecule has 0 aromatic rings. The molecule has 0 bridgehead atoms. The van der Waals surface area contributed by atoms with Crippen LogP contribution in [-0.4, -0.2) is 19.6 Å². The molecule has 3 nitrogen and oxygen atoms in total. The third kappa shape index (κ3) is 3.66. The van der Waals surface area contributed by atoms with Gasteiger partial charge in [0.05, 0.1) is 0 Å². The van der Waals surface area contributed by atoms with Crippen molar-refractivity contribution in [3.05, 3.63) is 35.1 Å². The SMILES string of the molecule is CNC(=O)COC1=CC=C(Cl)CC=C1. The Morgan fingerprint density at radius 1 is 1.64 bits per heavy atom. The van der Waals surface area contributed by atoms with Crippen LogP contribution in [0.15, 0.2) is 35.1 Å². The van der Waals surface area contributed by atoms with Crippen LogP contribution in [0.4, 0.5) is 0 Å². The number of ether oxygens (including phenoxy) is 1. The van der Waals surface area contributed by atoms with Crippen LogP contribution in [0.3, 0.4) is 0 Å². The maximum absolute atomic E-state index is 10.9. The van der Waals surface area contributed by atoms with E-state index in [1.807, 2.05) is 6.08 Å². The van der Waals surface area contributed by atoms with Gasteiger partial charge in [-0.3, -0.25) is 4.79 Å². The number of amides is 1. The number of likely N-dealkylation sites (N-methyl/N-ethyl adjacent to an activating group) is 1. The van der Waals surface area contributed by atoms with E-state index in [2.05, 4.69) is 5.32 Å². The van der Waals surface area contributed by atoms with E-state index in [9.17, 15) is 4.79 Å². The number of allylic oxidation sites excluding steroid dienone is 5. The molecule has 0 aromatic carbocycles. The summed E-state index contributed by atoms with van der Waals surface area (Å²) in [5.41, 5.74) is 0. The molecule has 0 spiro atoms. The maximum Gasteiger partial charge on any atom is 0.257 e. The predicted molar refractivity (Wildman–Crippen MR) is 55.8 cm³/mol. The molecule has 1 aliphatic rings. The predicted octanol–water partition coefficient (Wildman–Crippen LogP) is 1.72. The van der Waals surface area contributed by atoms with Crippen LogP contribution in [0.5, 0.6) is 0 Å². The first-order chi connectivity index (χ1) is 6.72. The third-order valence-electron chi connectivity index (χ3n) is 1.67. The zero-order chi connectivity index (χ0) is 10.4. The minimum atomic E-state index is -0.154. The van der Waals surface area contributed by atoms with E-state index in [1.165, 1.54) is 0 Å². The number of carbonyl (C=O) groups is 1. The Bertz CT molecular complexity index is 305. The summed E-state index contributed by atoms with van der Waals surface area (Å²) in [6, 6.07) is 0. The van der Waals surface area contributed by atoms with Crippen molar-refractivity contribution < 1.29 is 9.53 Å². The normalized spacial score (nSPS) is 15.3. The van der Waals surface area contributed by atoms with Crippen molar-refractivity contribution in [1.29, 1.82) is 0 Å². The Hall–Kier alpha value is -1.22. The minimum absolute atomic E-state index is 0.0259. The molecule has 0 aliphatic heterocycles. The molecule has 0 fully saturated rings. The Labute approximate surface area is 88.1 Å². The molecule has 1 rings (SSSR count). The van der Waals surface area contributed by atoms with Gasteiger partial charge >= 0.3 is 0 Å². The lowest BCUT2D eigenvalue weighted by atomic mass is 10.4. The summed E-state index contributed by atoms with van der Waals surface area (Å²) in [7, 11) is 1.57. The zero-order valence-corrected chi connectivity index (χ0v) is 8.67. The summed E-state index contributed by atoms with van der Waals surface area (Å²) in [4.78, 5) is 10.9. The second-order valence-electron chi connectivity index (χ2n) is 2.75. The second kappa shape index (κ2) is 5.50. The van der Waals surface area contributed by atoms with Gasteiger partial charge < -0.3 is 10.1 Å². The van der Waals surface area contributed by atoms with Gasteiger partial charge in [0.25, 0.3) is 5.91 Å². The molecule has 14 heavy (non-hydrogen) atoms. The summed E-state index contributed by atoms with van der Waals surface area (Å²) < 4.78 is 5.22. The highest BCUT2D eigenvalue weighted by molar-refractivity contribution is 6.29. The summed E-state index contributed by atoms with van der Waals surface area (Å²) in [6.45, 7) is 0.0259. The molecule has 1 amide bonds. The van der Waals surface area contributed by atoms with Crippen LogP contribution in [-0.2, 0) is 9.53 Å². The molecule has 0 atom stereocenters. The molecular weight excluding hydrogens is 202 g/mol. The minimum Gasteiger partial charge on any atom is -0.484 e. The molecule has 1 aliphatic carbocycles. The molecular formula is C10H12ClNO2. The Morgan fingerprint density at radius 3 is 3.14 bits per heavy atom. The van der Waals surface area contributed by atoms with Crippen LogP contribution in [0.25, 0.3) is 0 Å². The van der Waals surface area contributed by atoms with E-state index in [1.54, 1.807) is 25.3 Å². The average molecular weight is 214 g/mol. The molecule has 76 valence electrons. The number of hydrogen-bond donors (Lipinski definition) is 1. The smallest absolute Gasteiger partial charge is 0.257 e. The lowest BCUT2D eigenvalue weighted by molar-refractivity contribution is -0.123. The van der Waals surface area contributed by atoms with Crippen molar-refractivity contribution in [1.82, 2.24) is 5.32 Å². The van der Waals surface area contributed by atoms with Crippen molar-refractivity contribution in [3.63, 3.8) is 0 Å². The lowest BCUT2D eigenvalue weighted by Crippen LogP contribution is -2.22. The zero-order valence-electron chi connectivity index (χ0n) is 7.92. The van der Waals surface area contributed by atoms with Crippen molar-refractivity contribution in [2.24, 2.45) is 0 Å². The number of hydrogen-bond acceptors (Lipinski definition) is 2. The van der Waals surface area contributed by atoms with Gasteiger partial charge in [0.1, 0.15) is 5.76 Å². The Morgan fingerprint density at radius 2 is 2.43 bits per heavy atom. The fourth-order valence-corrected chi connectivity index (χ4v) is 1.05. The van der Waals surface area contributed by atoms with Crippen LogP contribution < -0.4 is 5.32 Å². The van der Waals surface area contributed by atoms with Gasteiger partial charge in [-0.25, -0.2) is 0 Å². The number of nitrogens with one attached hydrogen (secondary N) is 1. The summed E-state index contributed by atoms with van der Waals surface area (Å²) >= 11 is 5.81. The first kappa shape index (κ1) is 10.9. The van der Waals surface area contributed by atoms with Gasteiger partial charge in [-0.15, -0.1) is 0 Å². The summed E-state index contributed by atoms with van der Waals surface area (Å²) in [5.74, 6) is 0.489. The third-order valence-corrected chi connectivity index (χ3v) is 1.95. The van der Waals surface area contributed by atoms with Crippen molar-refractivity contribution in [2.45, 2.75) is 6.42 Å². The fourth-order valence-electron chi connectivity index (χ4n) is 0.901. The van der Waals surface area contributed by atoms with E-state index in [4.69, 9.17) is 16.3 Å². The van der Waals surface area contributed by atoms with Gasteiger partial charge in [-0.2, -0.15) is 0 Å². The summed E-state index contributed by atoms with van der Waals surface area (Å²) in [6.07, 6.45) is 7.90. The highest BCUT2D eigenvalue weighted by atomic mass is 35.5. The number of carbonyl (C=O) groups excluding carboxylic acids is 1.